The van der Waals surface area contributed by atoms with Crippen molar-refractivity contribution in [3.8, 4) is 0 Å². The molecule has 1 aliphatic heterocycles. The van der Waals surface area contributed by atoms with Gasteiger partial charge >= 0.3 is 5.97 Å². The van der Waals surface area contributed by atoms with Gasteiger partial charge in [0.25, 0.3) is 10.0 Å². The average Bonchev–Trinajstić information content (AvgIpc) is 2.76. The summed E-state index contributed by atoms with van der Waals surface area (Å²) in [4.78, 5) is 11.1. The minimum Gasteiger partial charge on any atom is -0.478 e. The normalized spacial score (nSPS) is 21.4. The quantitative estimate of drug-likeness (QED) is 0.877. The summed E-state index contributed by atoms with van der Waals surface area (Å²) < 4.78 is 26.6. The second-order valence-electron chi connectivity index (χ2n) is 5.76. The van der Waals surface area contributed by atoms with E-state index < -0.39 is 16.0 Å². The second kappa shape index (κ2) is 6.15. The average molecular weight is 315 g/mol. The number of carbonyl (C=O) groups is 1. The number of hydrogen-bond donors (Lipinski definition) is 2. The van der Waals surface area contributed by atoms with Crippen LogP contribution in [0.5, 0.6) is 0 Å². The van der Waals surface area contributed by atoms with E-state index in [2.05, 4.69) is 24.0 Å². The van der Waals surface area contributed by atoms with Crippen molar-refractivity contribution in [1.82, 2.24) is 14.5 Å². The van der Waals surface area contributed by atoms with E-state index in [0.29, 0.717) is 24.9 Å². The van der Waals surface area contributed by atoms with E-state index in [1.165, 1.54) is 4.31 Å². The molecule has 0 aliphatic carbocycles. The molecule has 0 spiro atoms. The van der Waals surface area contributed by atoms with Gasteiger partial charge < -0.3 is 5.11 Å². The first kappa shape index (κ1) is 16.0. The molecule has 1 aliphatic rings. The predicted octanol–water partition coefficient (Wildman–Crippen LogP) is 1.55. The summed E-state index contributed by atoms with van der Waals surface area (Å²) in [5, 5.41) is 14.6. The maximum absolute atomic E-state index is 12.6. The highest BCUT2D eigenvalue weighted by Crippen LogP contribution is 2.27. The van der Waals surface area contributed by atoms with Crippen LogP contribution in [0.2, 0.25) is 0 Å². The van der Waals surface area contributed by atoms with E-state index >= 15 is 0 Å². The van der Waals surface area contributed by atoms with E-state index in [1.54, 1.807) is 0 Å². The van der Waals surface area contributed by atoms with Gasteiger partial charge in [0.1, 0.15) is 5.56 Å². The SMILES string of the molecule is CC(C)C1CCCN(S(=O)(=O)c2[nH]ncc2C(=O)O)CC1. The van der Waals surface area contributed by atoms with Crippen LogP contribution in [0.4, 0.5) is 0 Å². The van der Waals surface area contributed by atoms with Crippen molar-refractivity contribution in [3.63, 3.8) is 0 Å². The Labute approximate surface area is 124 Å². The molecule has 1 aromatic rings. The fourth-order valence-corrected chi connectivity index (χ4v) is 4.31. The fourth-order valence-electron chi connectivity index (χ4n) is 2.76. The summed E-state index contributed by atoms with van der Waals surface area (Å²) in [7, 11) is -3.83. The second-order valence-corrected chi connectivity index (χ2v) is 7.63. The zero-order valence-corrected chi connectivity index (χ0v) is 13.1. The van der Waals surface area contributed by atoms with Gasteiger partial charge in [-0.25, -0.2) is 13.2 Å². The summed E-state index contributed by atoms with van der Waals surface area (Å²) in [6, 6.07) is 0. The zero-order valence-electron chi connectivity index (χ0n) is 12.2. The molecule has 1 fully saturated rings. The van der Waals surface area contributed by atoms with Gasteiger partial charge in [0.05, 0.1) is 6.20 Å². The van der Waals surface area contributed by atoms with Crippen LogP contribution in [-0.2, 0) is 10.0 Å². The monoisotopic (exact) mass is 315 g/mol. The van der Waals surface area contributed by atoms with Crippen LogP contribution in [0.3, 0.4) is 0 Å². The maximum Gasteiger partial charge on any atom is 0.340 e. The predicted molar refractivity (Wildman–Crippen MR) is 76.5 cm³/mol. The first-order valence-electron chi connectivity index (χ1n) is 7.11. The van der Waals surface area contributed by atoms with Gasteiger partial charge in [-0.3, -0.25) is 5.10 Å². The highest BCUT2D eigenvalue weighted by molar-refractivity contribution is 7.89. The summed E-state index contributed by atoms with van der Waals surface area (Å²) >= 11 is 0. The lowest BCUT2D eigenvalue weighted by Gasteiger charge is -2.20. The third-order valence-electron chi connectivity index (χ3n) is 4.11. The molecule has 0 bridgehead atoms. The Morgan fingerprint density at radius 3 is 2.76 bits per heavy atom. The lowest BCUT2D eigenvalue weighted by Crippen LogP contribution is -2.33. The van der Waals surface area contributed by atoms with E-state index in [9.17, 15) is 13.2 Å². The van der Waals surface area contributed by atoms with Crippen LogP contribution in [0, 0.1) is 11.8 Å². The van der Waals surface area contributed by atoms with Crippen molar-refractivity contribution in [2.75, 3.05) is 13.1 Å². The van der Waals surface area contributed by atoms with Gasteiger partial charge in [-0.1, -0.05) is 13.8 Å². The third-order valence-corrected chi connectivity index (χ3v) is 5.98. The Balaban J connectivity index is 2.24. The van der Waals surface area contributed by atoms with Crippen molar-refractivity contribution < 1.29 is 18.3 Å². The van der Waals surface area contributed by atoms with Gasteiger partial charge in [-0.05, 0) is 31.1 Å². The molecule has 1 aromatic heterocycles. The van der Waals surface area contributed by atoms with E-state index in [-0.39, 0.29) is 10.6 Å². The number of hydrogen-bond acceptors (Lipinski definition) is 4. The fraction of sp³-hybridized carbons (Fsp3) is 0.692. The molecule has 1 atom stereocenters. The van der Waals surface area contributed by atoms with Gasteiger partial charge in [0.15, 0.2) is 5.03 Å². The minimum absolute atomic E-state index is 0.306. The topological polar surface area (TPSA) is 103 Å². The Morgan fingerprint density at radius 1 is 1.43 bits per heavy atom. The molecule has 0 aromatic carbocycles. The van der Waals surface area contributed by atoms with Gasteiger partial charge in [0.2, 0.25) is 0 Å². The molecular weight excluding hydrogens is 294 g/mol. The summed E-state index contributed by atoms with van der Waals surface area (Å²) in [6.07, 6.45) is 3.62. The van der Waals surface area contributed by atoms with Gasteiger partial charge in [-0.2, -0.15) is 9.40 Å². The first-order chi connectivity index (χ1) is 9.84. The first-order valence-corrected chi connectivity index (χ1v) is 8.55. The number of aromatic carboxylic acids is 1. The third kappa shape index (κ3) is 3.26. The number of sulfonamides is 1. The number of carboxylic acids is 1. The van der Waals surface area contributed by atoms with Crippen LogP contribution < -0.4 is 0 Å². The Kier molecular flexibility index (Phi) is 4.67. The lowest BCUT2D eigenvalue weighted by molar-refractivity contribution is 0.0692. The van der Waals surface area contributed by atoms with Crippen molar-refractivity contribution in [2.45, 2.75) is 38.1 Å². The number of aromatic amines is 1. The summed E-state index contributed by atoms with van der Waals surface area (Å²) in [5.74, 6) is -0.266. The zero-order chi connectivity index (χ0) is 15.6. The molecule has 1 saturated heterocycles. The number of rotatable bonds is 4. The van der Waals surface area contributed by atoms with Crippen molar-refractivity contribution >= 4 is 16.0 Å². The molecule has 0 amide bonds. The number of nitrogens with zero attached hydrogens (tertiary/aromatic N) is 2. The Hall–Kier alpha value is -1.41. The van der Waals surface area contributed by atoms with Crippen LogP contribution in [0.15, 0.2) is 11.2 Å². The molecule has 118 valence electrons. The number of nitrogens with one attached hydrogen (secondary N) is 1. The smallest absolute Gasteiger partial charge is 0.340 e. The van der Waals surface area contributed by atoms with E-state index in [0.717, 1.165) is 25.5 Å². The molecule has 0 saturated carbocycles. The van der Waals surface area contributed by atoms with E-state index in [4.69, 9.17) is 5.11 Å². The van der Waals surface area contributed by atoms with Gasteiger partial charge in [0, 0.05) is 13.1 Å². The molecule has 2 rings (SSSR count). The standard InChI is InChI=1S/C13H21N3O4S/c1-9(2)10-4-3-6-16(7-5-10)21(19,20)12-11(13(17)18)8-14-15-12/h8-10H,3-7H2,1-2H3,(H,14,15)(H,17,18). The molecule has 0 radical (unpaired) electrons. The molecule has 1 unspecified atom stereocenters. The summed E-state index contributed by atoms with van der Waals surface area (Å²) in [5.41, 5.74) is -0.306. The number of aromatic nitrogens is 2. The number of H-pyrrole nitrogens is 1. The summed E-state index contributed by atoms with van der Waals surface area (Å²) in [6.45, 7) is 5.13. The molecule has 8 heteroatoms. The minimum atomic E-state index is -3.83. The Bertz CT molecular complexity index is 609. The van der Waals surface area contributed by atoms with Crippen LogP contribution >= 0.6 is 0 Å². The van der Waals surface area contributed by atoms with Crippen LogP contribution in [-0.4, -0.2) is 47.1 Å². The van der Waals surface area contributed by atoms with Crippen molar-refractivity contribution in [2.24, 2.45) is 11.8 Å². The lowest BCUT2D eigenvalue weighted by atomic mass is 9.89. The molecule has 7 nitrogen and oxygen atoms in total. The van der Waals surface area contributed by atoms with Crippen LogP contribution in [0.25, 0.3) is 0 Å². The molecular formula is C13H21N3O4S. The molecule has 2 N–H and O–H groups in total. The van der Waals surface area contributed by atoms with E-state index in [1.807, 2.05) is 0 Å². The largest absolute Gasteiger partial charge is 0.478 e. The van der Waals surface area contributed by atoms with Crippen molar-refractivity contribution in [1.29, 1.82) is 0 Å². The number of carboxylic acid groups (broad SMARTS) is 1. The highest BCUT2D eigenvalue weighted by atomic mass is 32.2. The van der Waals surface area contributed by atoms with Crippen molar-refractivity contribution in [3.05, 3.63) is 11.8 Å². The molecule has 2 heterocycles. The molecule has 21 heavy (non-hydrogen) atoms. The highest BCUT2D eigenvalue weighted by Gasteiger charge is 2.32. The van der Waals surface area contributed by atoms with Crippen LogP contribution in [0.1, 0.15) is 43.5 Å². The Morgan fingerprint density at radius 2 is 2.14 bits per heavy atom. The maximum atomic E-state index is 12.6. The van der Waals surface area contributed by atoms with Gasteiger partial charge in [-0.15, -0.1) is 0 Å².